The van der Waals surface area contributed by atoms with Crippen molar-refractivity contribution in [2.24, 2.45) is 11.7 Å². The van der Waals surface area contributed by atoms with Gasteiger partial charge in [0.25, 0.3) is 5.91 Å². The van der Waals surface area contributed by atoms with Crippen LogP contribution in [-0.4, -0.2) is 29.9 Å². The van der Waals surface area contributed by atoms with Crippen LogP contribution in [0.25, 0.3) is 21.7 Å². The SMILES string of the molecule is Cc1c(C(=O)N2CC(CN)CC2C)oc2c1ccc1ccccc12. The molecular weight excluding hydrogens is 300 g/mol. The van der Waals surface area contributed by atoms with Gasteiger partial charge in [0, 0.05) is 28.9 Å². The van der Waals surface area contributed by atoms with Gasteiger partial charge in [-0.05, 0) is 38.1 Å². The number of hydrogen-bond acceptors (Lipinski definition) is 3. The van der Waals surface area contributed by atoms with E-state index in [0.29, 0.717) is 24.8 Å². The maximum absolute atomic E-state index is 13.0. The lowest BCUT2D eigenvalue weighted by atomic mass is 10.1. The molecule has 2 heterocycles. The van der Waals surface area contributed by atoms with Crippen LogP contribution in [0.4, 0.5) is 0 Å². The number of benzene rings is 2. The molecule has 1 amide bonds. The van der Waals surface area contributed by atoms with E-state index in [1.54, 1.807) is 0 Å². The second-order valence-electron chi connectivity index (χ2n) is 6.86. The van der Waals surface area contributed by atoms with Gasteiger partial charge in [-0.1, -0.05) is 36.4 Å². The van der Waals surface area contributed by atoms with Crippen molar-refractivity contribution >= 4 is 27.6 Å². The zero-order chi connectivity index (χ0) is 16.8. The molecule has 4 rings (SSSR count). The molecule has 0 spiro atoms. The molecule has 2 aromatic carbocycles. The minimum atomic E-state index is -0.0174. The Bertz CT molecular complexity index is 928. The fraction of sp³-hybridized carbons (Fsp3) is 0.350. The average molecular weight is 322 g/mol. The Kier molecular flexibility index (Phi) is 3.57. The summed E-state index contributed by atoms with van der Waals surface area (Å²) in [6, 6.07) is 12.4. The quantitative estimate of drug-likeness (QED) is 0.782. The average Bonchev–Trinajstić information content (AvgIpc) is 3.15. The number of hydrogen-bond donors (Lipinski definition) is 1. The molecule has 1 aromatic heterocycles. The van der Waals surface area contributed by atoms with E-state index in [0.717, 1.165) is 33.7 Å². The highest BCUT2D eigenvalue weighted by atomic mass is 16.3. The van der Waals surface area contributed by atoms with Crippen LogP contribution < -0.4 is 5.73 Å². The molecule has 1 saturated heterocycles. The summed E-state index contributed by atoms with van der Waals surface area (Å²) in [6.07, 6.45) is 0.963. The van der Waals surface area contributed by atoms with Crippen LogP contribution in [0.5, 0.6) is 0 Å². The number of rotatable bonds is 2. The third kappa shape index (κ3) is 2.21. The minimum absolute atomic E-state index is 0.0174. The molecule has 0 saturated carbocycles. The molecule has 3 aromatic rings. The van der Waals surface area contributed by atoms with Crippen molar-refractivity contribution in [1.82, 2.24) is 4.90 Å². The highest BCUT2D eigenvalue weighted by Crippen LogP contribution is 2.33. The van der Waals surface area contributed by atoms with Crippen molar-refractivity contribution in [3.8, 4) is 0 Å². The molecule has 2 N–H and O–H groups in total. The standard InChI is InChI=1S/C20H22N2O2/c1-12-9-14(10-21)11-22(12)20(23)18-13(2)16-8-7-15-5-3-4-6-17(15)19(16)24-18/h3-8,12,14H,9-11,21H2,1-2H3. The molecule has 2 atom stereocenters. The highest BCUT2D eigenvalue weighted by molar-refractivity contribution is 6.08. The number of carbonyl (C=O) groups is 1. The summed E-state index contributed by atoms with van der Waals surface area (Å²) >= 11 is 0. The normalized spacial score (nSPS) is 21.0. The van der Waals surface area contributed by atoms with Crippen molar-refractivity contribution in [3.05, 3.63) is 47.7 Å². The molecule has 1 aliphatic rings. The third-order valence-corrected chi connectivity index (χ3v) is 5.28. The molecule has 0 radical (unpaired) electrons. The van der Waals surface area contributed by atoms with E-state index < -0.39 is 0 Å². The molecule has 0 aliphatic carbocycles. The van der Waals surface area contributed by atoms with E-state index in [-0.39, 0.29) is 11.9 Å². The largest absolute Gasteiger partial charge is 0.450 e. The molecule has 1 fully saturated rings. The van der Waals surface area contributed by atoms with E-state index >= 15 is 0 Å². The maximum Gasteiger partial charge on any atom is 0.290 e. The lowest BCUT2D eigenvalue weighted by Gasteiger charge is -2.20. The van der Waals surface area contributed by atoms with Crippen LogP contribution >= 0.6 is 0 Å². The monoisotopic (exact) mass is 322 g/mol. The summed E-state index contributed by atoms with van der Waals surface area (Å²) in [6.45, 7) is 5.39. The van der Waals surface area contributed by atoms with Gasteiger partial charge in [-0.15, -0.1) is 0 Å². The van der Waals surface area contributed by atoms with E-state index in [2.05, 4.69) is 19.1 Å². The van der Waals surface area contributed by atoms with Gasteiger partial charge < -0.3 is 15.1 Å². The summed E-state index contributed by atoms with van der Waals surface area (Å²) in [5.74, 6) is 0.830. The minimum Gasteiger partial charge on any atom is -0.450 e. The zero-order valence-electron chi connectivity index (χ0n) is 14.1. The summed E-state index contributed by atoms with van der Waals surface area (Å²) in [4.78, 5) is 14.9. The maximum atomic E-state index is 13.0. The predicted molar refractivity (Wildman–Crippen MR) is 96.1 cm³/mol. The Balaban J connectivity index is 1.81. The van der Waals surface area contributed by atoms with Crippen LogP contribution in [-0.2, 0) is 0 Å². The molecule has 124 valence electrons. The first-order chi connectivity index (χ1) is 11.6. The summed E-state index contributed by atoms with van der Waals surface area (Å²) < 4.78 is 6.08. The number of furan rings is 1. The fourth-order valence-electron chi connectivity index (χ4n) is 3.88. The van der Waals surface area contributed by atoms with E-state index in [1.165, 1.54) is 0 Å². The van der Waals surface area contributed by atoms with Gasteiger partial charge in [-0.2, -0.15) is 0 Å². The van der Waals surface area contributed by atoms with Crippen LogP contribution in [0.3, 0.4) is 0 Å². The lowest BCUT2D eigenvalue weighted by Crippen LogP contribution is -2.34. The van der Waals surface area contributed by atoms with Crippen LogP contribution in [0.1, 0.15) is 29.5 Å². The molecule has 0 bridgehead atoms. The molecule has 4 heteroatoms. The van der Waals surface area contributed by atoms with Gasteiger partial charge in [-0.25, -0.2) is 0 Å². The number of fused-ring (bicyclic) bond motifs is 3. The highest BCUT2D eigenvalue weighted by Gasteiger charge is 2.34. The second kappa shape index (κ2) is 5.64. The number of nitrogens with zero attached hydrogens (tertiary/aromatic N) is 1. The Morgan fingerprint density at radius 1 is 1.25 bits per heavy atom. The number of amides is 1. The van der Waals surface area contributed by atoms with Crippen molar-refractivity contribution in [2.75, 3.05) is 13.1 Å². The molecule has 2 unspecified atom stereocenters. The van der Waals surface area contributed by atoms with Gasteiger partial charge in [0.2, 0.25) is 0 Å². The van der Waals surface area contributed by atoms with Gasteiger partial charge >= 0.3 is 0 Å². The van der Waals surface area contributed by atoms with E-state index in [1.807, 2.05) is 36.1 Å². The van der Waals surface area contributed by atoms with Gasteiger partial charge in [0.15, 0.2) is 5.76 Å². The van der Waals surface area contributed by atoms with Crippen LogP contribution in [0, 0.1) is 12.8 Å². The Morgan fingerprint density at radius 2 is 2.04 bits per heavy atom. The van der Waals surface area contributed by atoms with Gasteiger partial charge in [0.1, 0.15) is 5.58 Å². The van der Waals surface area contributed by atoms with Gasteiger partial charge in [-0.3, -0.25) is 4.79 Å². The first kappa shape index (κ1) is 15.2. The summed E-state index contributed by atoms with van der Waals surface area (Å²) in [7, 11) is 0. The van der Waals surface area contributed by atoms with Crippen molar-refractivity contribution < 1.29 is 9.21 Å². The van der Waals surface area contributed by atoms with Crippen LogP contribution in [0.2, 0.25) is 0 Å². The Labute approximate surface area is 141 Å². The first-order valence-corrected chi connectivity index (χ1v) is 8.52. The number of nitrogens with two attached hydrogens (primary N) is 1. The first-order valence-electron chi connectivity index (χ1n) is 8.52. The van der Waals surface area contributed by atoms with Gasteiger partial charge in [0.05, 0.1) is 0 Å². The Hall–Kier alpha value is -2.33. The smallest absolute Gasteiger partial charge is 0.290 e. The van der Waals surface area contributed by atoms with E-state index in [9.17, 15) is 4.79 Å². The van der Waals surface area contributed by atoms with Crippen molar-refractivity contribution in [3.63, 3.8) is 0 Å². The van der Waals surface area contributed by atoms with E-state index in [4.69, 9.17) is 10.2 Å². The predicted octanol–water partition coefficient (Wildman–Crippen LogP) is 3.70. The summed E-state index contributed by atoms with van der Waals surface area (Å²) in [5, 5.41) is 3.18. The molecular formula is C20H22N2O2. The van der Waals surface area contributed by atoms with Crippen molar-refractivity contribution in [1.29, 1.82) is 0 Å². The topological polar surface area (TPSA) is 59.5 Å². The molecule has 1 aliphatic heterocycles. The fourth-order valence-corrected chi connectivity index (χ4v) is 3.88. The number of carbonyl (C=O) groups excluding carboxylic acids is 1. The number of aryl methyl sites for hydroxylation is 1. The number of likely N-dealkylation sites (tertiary alicyclic amines) is 1. The third-order valence-electron chi connectivity index (χ3n) is 5.28. The van der Waals surface area contributed by atoms with Crippen LogP contribution in [0.15, 0.2) is 40.8 Å². The molecule has 24 heavy (non-hydrogen) atoms. The lowest BCUT2D eigenvalue weighted by molar-refractivity contribution is 0.0712. The van der Waals surface area contributed by atoms with Crippen molar-refractivity contribution in [2.45, 2.75) is 26.3 Å². The summed E-state index contributed by atoms with van der Waals surface area (Å²) in [5.41, 5.74) is 7.51. The molecule has 4 nitrogen and oxygen atoms in total. The zero-order valence-corrected chi connectivity index (χ0v) is 14.1. The Morgan fingerprint density at radius 3 is 2.79 bits per heavy atom. The second-order valence-corrected chi connectivity index (χ2v) is 6.86.